The molecular weight excluding hydrogens is 1130 g/mol. The standard InChI is InChI=1S/C15H16.C14H16.C12H20.C12H16.C11H14.C10H14.C8H16.C7H14.C5H12/c1-15(2,13-9-5-3-6-10-13)14-11-7-4-8-12-14;1-14(2,3)13-9-8-11-6-4-5-7-12(11)10-13;1-12(2)10-4-8-3-9(6-10)7-11(12)5-8;1-12(2)9-5-7-10-6-3-4-8-11(10)12;1-11(2)8-7-9-5-3-4-6-10(9)11;1-10(2,3)9-7-5-4-6-8-9;1-8(2)6-4-3-5-7-8;1-7(2)5-3-4-6-7;1-5(2,3)4/h3-12H,1-2H3;4-10H,1-3H3;8-11H,3-7H2,1-2H3;3-4,6,8H,5,7,9H2,1-2H3;3-6H,7-8H2,1-2H3;4-8H,1-3H3;3-7H2,1-2H3;3-6H2,1-2H3;1-4H3. The fourth-order valence-corrected chi connectivity index (χ4v) is 15.9. The minimum Gasteiger partial charge on any atom is -0.0622 e. The van der Waals surface area contributed by atoms with Crippen LogP contribution in [0.2, 0.25) is 0 Å². The van der Waals surface area contributed by atoms with Crippen LogP contribution >= 0.6 is 0 Å². The van der Waals surface area contributed by atoms with E-state index in [1.54, 1.807) is 54.4 Å². The largest absolute Gasteiger partial charge is 0.0622 e. The molecule has 0 heteroatoms. The van der Waals surface area contributed by atoms with Gasteiger partial charge in [-0.3, -0.25) is 0 Å². The van der Waals surface area contributed by atoms with Crippen molar-refractivity contribution in [3.63, 3.8) is 0 Å². The molecular formula is C94H138. The van der Waals surface area contributed by atoms with Crippen molar-refractivity contribution in [3.05, 3.63) is 226 Å². The lowest BCUT2D eigenvalue weighted by molar-refractivity contribution is -0.0876. The first kappa shape index (κ1) is 77.8. The highest BCUT2D eigenvalue weighted by Gasteiger charge is 2.52. The predicted molar refractivity (Wildman–Crippen MR) is 418 cm³/mol. The van der Waals surface area contributed by atoms with E-state index < -0.39 is 0 Å². The Bertz CT molecular complexity index is 3190. The van der Waals surface area contributed by atoms with E-state index >= 15 is 0 Å². The lowest BCUT2D eigenvalue weighted by atomic mass is 9.46. The van der Waals surface area contributed by atoms with Crippen LogP contribution in [0.25, 0.3) is 10.8 Å². The van der Waals surface area contributed by atoms with Crippen molar-refractivity contribution in [2.45, 2.75) is 301 Å². The Morgan fingerprint density at radius 1 is 0.298 bits per heavy atom. The second-order valence-corrected chi connectivity index (χ2v) is 37.4. The Morgan fingerprint density at radius 2 is 0.649 bits per heavy atom. The number of aryl methyl sites for hydroxylation is 2. The lowest BCUT2D eigenvalue weighted by Gasteiger charge is -2.59. The van der Waals surface area contributed by atoms with Crippen molar-refractivity contribution in [1.29, 1.82) is 0 Å². The molecule has 0 radical (unpaired) electrons. The van der Waals surface area contributed by atoms with Crippen molar-refractivity contribution >= 4 is 10.8 Å². The van der Waals surface area contributed by atoms with Gasteiger partial charge in [-0.25, -0.2) is 0 Å². The summed E-state index contributed by atoms with van der Waals surface area (Å²) < 4.78 is 0. The van der Waals surface area contributed by atoms with Gasteiger partial charge in [0.05, 0.1) is 0 Å². The third-order valence-electron chi connectivity index (χ3n) is 22.4. The van der Waals surface area contributed by atoms with Gasteiger partial charge in [0.25, 0.3) is 0 Å². The lowest BCUT2D eigenvalue weighted by Crippen LogP contribution is -2.49. The Labute approximate surface area is 580 Å². The predicted octanol–water partition coefficient (Wildman–Crippen LogP) is 28.4. The normalized spacial score (nSPS) is 21.8. The molecule has 0 atom stereocenters. The number of fused-ring (bicyclic) bond motifs is 3. The van der Waals surface area contributed by atoms with E-state index in [0.717, 1.165) is 23.7 Å². The summed E-state index contributed by atoms with van der Waals surface area (Å²) in [7, 11) is 0. The SMILES string of the molecule is CC(C)(C)C.CC(C)(C)c1ccc2ccccc2c1.CC(C)(C)c1ccccc1.CC(C)(c1ccccc1)c1ccccc1.CC1(C)C2CC3CC(C2)CC1C3.CC1(C)CCCC1.CC1(C)CCCCC1.CC1(C)CCCc2ccccc21.CC1(C)CCc2ccccc21. The topological polar surface area (TPSA) is 0 Å². The monoisotopic (exact) mass is 1270 g/mol. The van der Waals surface area contributed by atoms with Gasteiger partial charge < -0.3 is 0 Å². The van der Waals surface area contributed by atoms with Gasteiger partial charge in [-0.1, -0.05) is 366 Å². The number of benzene rings is 7. The van der Waals surface area contributed by atoms with Crippen LogP contribution in [-0.2, 0) is 39.9 Å². The highest BCUT2D eigenvalue weighted by Crippen LogP contribution is 2.62. The van der Waals surface area contributed by atoms with E-state index in [4.69, 9.17) is 0 Å². The maximum Gasteiger partial charge on any atom is 0.0146 e. The Hall–Kier alpha value is -5.20. The van der Waals surface area contributed by atoms with Gasteiger partial charge in [0.15, 0.2) is 0 Å². The van der Waals surface area contributed by atoms with E-state index in [1.807, 2.05) is 0 Å². The number of rotatable bonds is 2. The Balaban J connectivity index is 0.000000170. The van der Waals surface area contributed by atoms with E-state index in [2.05, 4.69) is 334 Å². The molecule has 0 aromatic heterocycles. The molecule has 8 aliphatic carbocycles. The zero-order valence-electron chi connectivity index (χ0n) is 64.6. The second kappa shape index (κ2) is 33.8. The maximum absolute atomic E-state index is 2.53. The van der Waals surface area contributed by atoms with Crippen LogP contribution in [0, 0.1) is 45.3 Å². The van der Waals surface area contributed by atoms with Crippen molar-refractivity contribution in [1.82, 2.24) is 0 Å². The summed E-state index contributed by atoms with van der Waals surface area (Å²) >= 11 is 0. The third kappa shape index (κ3) is 24.7. The molecule has 0 spiro atoms. The molecule has 0 saturated heterocycles. The highest BCUT2D eigenvalue weighted by molar-refractivity contribution is 5.83. The molecule has 94 heavy (non-hydrogen) atoms. The average molecular weight is 1270 g/mol. The third-order valence-corrected chi connectivity index (χ3v) is 22.4. The molecule has 6 fully saturated rings. The molecule has 0 amide bonds. The van der Waals surface area contributed by atoms with Gasteiger partial charge in [0.2, 0.25) is 0 Å². The minimum absolute atomic E-state index is 0.0858. The molecule has 7 aromatic carbocycles. The molecule has 4 bridgehead atoms. The zero-order chi connectivity index (χ0) is 69.2. The first-order chi connectivity index (χ1) is 43.9. The fraction of sp³-hybridized carbons (Fsp3) is 0.574. The molecule has 15 rings (SSSR count). The highest BCUT2D eigenvalue weighted by atomic mass is 14.6. The van der Waals surface area contributed by atoms with Gasteiger partial charge in [-0.05, 0) is 212 Å². The van der Waals surface area contributed by atoms with Crippen molar-refractivity contribution in [2.24, 2.45) is 45.3 Å². The molecule has 0 heterocycles. The Morgan fingerprint density at radius 3 is 1.01 bits per heavy atom. The molecule has 0 N–H and O–H groups in total. The molecule has 0 aliphatic heterocycles. The summed E-state index contributed by atoms with van der Waals surface area (Å²) in [5, 5.41) is 2.65. The number of hydrogen-bond donors (Lipinski definition) is 0. The van der Waals surface area contributed by atoms with E-state index in [1.165, 1.54) is 123 Å². The van der Waals surface area contributed by atoms with Crippen LogP contribution in [0.3, 0.4) is 0 Å². The van der Waals surface area contributed by atoms with Crippen molar-refractivity contribution < 1.29 is 0 Å². The maximum atomic E-state index is 2.53. The first-order valence-electron chi connectivity index (χ1n) is 37.7. The van der Waals surface area contributed by atoms with Gasteiger partial charge in [-0.15, -0.1) is 0 Å². The summed E-state index contributed by atoms with van der Waals surface area (Å²) in [6.45, 7) is 50.6. The van der Waals surface area contributed by atoms with Crippen LogP contribution < -0.4 is 0 Å². The summed E-state index contributed by atoms with van der Waals surface area (Å²) in [4.78, 5) is 0. The van der Waals surface area contributed by atoms with Gasteiger partial charge >= 0.3 is 0 Å². The minimum atomic E-state index is 0.0858. The fourth-order valence-electron chi connectivity index (χ4n) is 15.9. The van der Waals surface area contributed by atoms with Crippen LogP contribution in [0.15, 0.2) is 182 Å². The first-order valence-corrected chi connectivity index (χ1v) is 37.7. The van der Waals surface area contributed by atoms with Crippen LogP contribution in [-0.4, -0.2) is 0 Å². The zero-order valence-corrected chi connectivity index (χ0v) is 64.6. The summed E-state index contributed by atoms with van der Waals surface area (Å²) in [5.41, 5.74) is 15.8. The smallest absolute Gasteiger partial charge is 0.0146 e. The van der Waals surface area contributed by atoms with Gasteiger partial charge in [0, 0.05) is 5.41 Å². The van der Waals surface area contributed by atoms with Crippen LogP contribution in [0.4, 0.5) is 0 Å². The van der Waals surface area contributed by atoms with Gasteiger partial charge in [0.1, 0.15) is 0 Å². The van der Waals surface area contributed by atoms with Crippen LogP contribution in [0.1, 0.15) is 306 Å². The Kier molecular flexibility index (Phi) is 28.0. The van der Waals surface area contributed by atoms with E-state index in [9.17, 15) is 0 Å². The molecule has 7 aromatic rings. The van der Waals surface area contributed by atoms with Crippen molar-refractivity contribution in [2.75, 3.05) is 0 Å². The summed E-state index contributed by atoms with van der Waals surface area (Å²) in [5.74, 6) is 4.46. The summed E-state index contributed by atoms with van der Waals surface area (Å²) in [6, 6.07) is 64.7. The van der Waals surface area contributed by atoms with Crippen LogP contribution in [0.5, 0.6) is 0 Å². The molecule has 0 unspecified atom stereocenters. The quantitative estimate of drug-likeness (QED) is 0.162. The molecule has 6 saturated carbocycles. The van der Waals surface area contributed by atoms with Gasteiger partial charge in [-0.2, -0.15) is 0 Å². The number of hydrogen-bond acceptors (Lipinski definition) is 0. The van der Waals surface area contributed by atoms with E-state index in [0.29, 0.717) is 37.9 Å². The average Bonchev–Trinajstić information content (AvgIpc) is 0.920. The summed E-state index contributed by atoms with van der Waals surface area (Å²) in [6.07, 6.45) is 27.6. The molecule has 0 nitrogen and oxygen atoms in total. The molecule has 8 aliphatic rings. The second-order valence-electron chi connectivity index (χ2n) is 37.4. The van der Waals surface area contributed by atoms with E-state index in [-0.39, 0.29) is 10.8 Å². The molecule has 514 valence electrons. The van der Waals surface area contributed by atoms with Crippen molar-refractivity contribution in [3.8, 4) is 0 Å².